The second kappa shape index (κ2) is 10.5. The first-order valence-corrected chi connectivity index (χ1v) is 12.1. The molecule has 35 heavy (non-hydrogen) atoms. The van der Waals surface area contributed by atoms with Gasteiger partial charge in [0.2, 0.25) is 12.1 Å². The van der Waals surface area contributed by atoms with Crippen LogP contribution in [0.3, 0.4) is 0 Å². The first-order chi connectivity index (χ1) is 16.7. The summed E-state index contributed by atoms with van der Waals surface area (Å²) in [6.07, 6.45) is -4.94. The number of ether oxygens (including phenoxy) is 4. The summed E-state index contributed by atoms with van der Waals surface area (Å²) in [5.74, 6) is -1.44. The normalized spacial score (nSPS) is 43.3. The highest BCUT2D eigenvalue weighted by molar-refractivity contribution is 5.28. The molecule has 0 spiro atoms. The van der Waals surface area contributed by atoms with E-state index in [4.69, 9.17) is 18.9 Å². The lowest BCUT2D eigenvalue weighted by Gasteiger charge is -2.60. The van der Waals surface area contributed by atoms with Crippen LogP contribution in [0.2, 0.25) is 0 Å². The monoisotopic (exact) mass is 497 g/mol. The van der Waals surface area contributed by atoms with Crippen LogP contribution in [0, 0.1) is 0 Å². The summed E-state index contributed by atoms with van der Waals surface area (Å²) < 4.78 is 23.3. The molecule has 0 amide bonds. The molecular formula is C24H39N3O8. The minimum atomic E-state index is -2.22. The molecule has 10 atom stereocenters. The van der Waals surface area contributed by atoms with Gasteiger partial charge in [0.1, 0.15) is 29.7 Å². The van der Waals surface area contributed by atoms with E-state index in [9.17, 15) is 20.4 Å². The number of rotatable bonds is 8. The molecule has 1 aliphatic carbocycles. The van der Waals surface area contributed by atoms with E-state index in [-0.39, 0.29) is 13.0 Å². The maximum absolute atomic E-state index is 11.7. The molecule has 198 valence electrons. The molecular weight excluding hydrogens is 458 g/mol. The third-order valence-electron chi connectivity index (χ3n) is 7.49. The smallest absolute Gasteiger partial charge is 0.249 e. The van der Waals surface area contributed by atoms with Crippen LogP contribution in [0.15, 0.2) is 24.3 Å². The molecule has 4 rings (SSSR count). The Morgan fingerprint density at radius 1 is 1.06 bits per heavy atom. The van der Waals surface area contributed by atoms with Gasteiger partial charge < -0.3 is 55.3 Å². The van der Waals surface area contributed by atoms with Crippen molar-refractivity contribution < 1.29 is 39.4 Å². The minimum absolute atomic E-state index is 0.0207. The molecule has 7 N–H and O–H groups in total. The van der Waals surface area contributed by atoms with Gasteiger partial charge in [-0.25, -0.2) is 0 Å². The van der Waals surface area contributed by atoms with Gasteiger partial charge in [-0.1, -0.05) is 12.1 Å². The fourth-order valence-corrected chi connectivity index (χ4v) is 5.58. The van der Waals surface area contributed by atoms with Crippen molar-refractivity contribution in [2.75, 3.05) is 34.3 Å². The van der Waals surface area contributed by atoms with E-state index < -0.39 is 60.3 Å². The highest BCUT2D eigenvalue weighted by Gasteiger charge is 2.68. The van der Waals surface area contributed by atoms with E-state index in [1.165, 1.54) is 0 Å². The van der Waals surface area contributed by atoms with Gasteiger partial charge in [-0.05, 0) is 51.7 Å². The molecule has 11 heteroatoms. The number of fused-ring (bicyclic) bond motifs is 2. The average Bonchev–Trinajstić information content (AvgIpc) is 2.83. The third kappa shape index (κ3) is 4.82. The quantitative estimate of drug-likeness (QED) is 0.201. The minimum Gasteiger partial charge on any atom is -0.497 e. The maximum atomic E-state index is 11.7. The zero-order chi connectivity index (χ0) is 25.4. The van der Waals surface area contributed by atoms with Gasteiger partial charge in [0.25, 0.3) is 0 Å². The van der Waals surface area contributed by atoms with Crippen molar-refractivity contribution >= 4 is 0 Å². The summed E-state index contributed by atoms with van der Waals surface area (Å²) in [6.45, 7) is 2.34. The summed E-state index contributed by atoms with van der Waals surface area (Å²) >= 11 is 0. The molecule has 1 aromatic rings. The lowest BCUT2D eigenvalue weighted by molar-refractivity contribution is -0.482. The van der Waals surface area contributed by atoms with Crippen molar-refractivity contribution in [3.63, 3.8) is 0 Å². The Morgan fingerprint density at radius 3 is 2.49 bits per heavy atom. The number of benzene rings is 1. The average molecular weight is 498 g/mol. The number of nitrogens with one attached hydrogen (secondary N) is 3. The van der Waals surface area contributed by atoms with E-state index in [1.807, 2.05) is 24.3 Å². The van der Waals surface area contributed by atoms with Crippen molar-refractivity contribution in [3.05, 3.63) is 29.8 Å². The van der Waals surface area contributed by atoms with Crippen LogP contribution in [0.4, 0.5) is 0 Å². The largest absolute Gasteiger partial charge is 0.497 e. The van der Waals surface area contributed by atoms with Gasteiger partial charge in [0.05, 0.1) is 31.4 Å². The number of methoxy groups -OCH3 is 1. The van der Waals surface area contributed by atoms with Crippen LogP contribution in [-0.4, -0.2) is 115 Å². The Bertz CT molecular complexity index is 864. The predicted octanol–water partition coefficient (Wildman–Crippen LogP) is -1.92. The third-order valence-corrected chi connectivity index (χ3v) is 7.49. The molecule has 0 radical (unpaired) electrons. The first kappa shape index (κ1) is 26.7. The van der Waals surface area contributed by atoms with Crippen molar-refractivity contribution in [2.45, 2.75) is 80.0 Å². The molecule has 11 nitrogen and oxygen atoms in total. The zero-order valence-corrected chi connectivity index (χ0v) is 20.7. The van der Waals surface area contributed by atoms with E-state index in [0.29, 0.717) is 13.0 Å². The van der Waals surface area contributed by atoms with Gasteiger partial charge in [0.15, 0.2) is 0 Å². The Morgan fingerprint density at radius 2 is 1.80 bits per heavy atom. The first-order valence-electron chi connectivity index (χ1n) is 12.1. The van der Waals surface area contributed by atoms with Gasteiger partial charge >= 0.3 is 0 Å². The molecule has 3 aliphatic rings. The fraction of sp³-hybridized carbons (Fsp3) is 0.750. The molecule has 0 unspecified atom stereocenters. The second-order valence-corrected chi connectivity index (χ2v) is 9.78. The van der Waals surface area contributed by atoms with Gasteiger partial charge in [0, 0.05) is 13.0 Å². The summed E-state index contributed by atoms with van der Waals surface area (Å²) in [4.78, 5) is 0. The molecule has 0 bridgehead atoms. The molecule has 1 saturated carbocycles. The molecule has 2 saturated heterocycles. The van der Waals surface area contributed by atoms with Crippen LogP contribution in [0.1, 0.15) is 18.9 Å². The van der Waals surface area contributed by atoms with Crippen LogP contribution < -0.4 is 20.7 Å². The molecule has 1 aromatic carbocycles. The van der Waals surface area contributed by atoms with E-state index >= 15 is 0 Å². The Kier molecular flexibility index (Phi) is 8.04. The van der Waals surface area contributed by atoms with Crippen LogP contribution in [0.25, 0.3) is 0 Å². The van der Waals surface area contributed by atoms with Gasteiger partial charge in [-0.3, -0.25) is 0 Å². The highest BCUT2D eigenvalue weighted by atomic mass is 16.8. The summed E-state index contributed by atoms with van der Waals surface area (Å²) in [6, 6.07) is 6.39. The molecule has 0 aromatic heterocycles. The van der Waals surface area contributed by atoms with Crippen molar-refractivity contribution in [2.24, 2.45) is 0 Å². The van der Waals surface area contributed by atoms with E-state index in [2.05, 4.69) is 16.0 Å². The topological polar surface area (TPSA) is 154 Å². The summed E-state index contributed by atoms with van der Waals surface area (Å²) in [5, 5.41) is 54.1. The number of likely N-dealkylation sites (N-methyl/N-ethyl adjacent to an activating group) is 2. The fourth-order valence-electron chi connectivity index (χ4n) is 5.58. The van der Waals surface area contributed by atoms with Crippen LogP contribution >= 0.6 is 0 Å². The van der Waals surface area contributed by atoms with E-state index in [1.54, 1.807) is 28.1 Å². The highest BCUT2D eigenvalue weighted by Crippen LogP contribution is 2.46. The van der Waals surface area contributed by atoms with Crippen LogP contribution in [-0.2, 0) is 20.6 Å². The lowest BCUT2D eigenvalue weighted by atomic mass is 9.77. The second-order valence-electron chi connectivity index (χ2n) is 9.78. The van der Waals surface area contributed by atoms with Crippen molar-refractivity contribution in [3.8, 4) is 5.75 Å². The van der Waals surface area contributed by atoms with E-state index in [0.717, 1.165) is 11.3 Å². The Labute approximate surface area is 205 Å². The zero-order valence-electron chi connectivity index (χ0n) is 20.7. The Balaban J connectivity index is 1.49. The molecule has 2 heterocycles. The molecule has 2 aliphatic heterocycles. The standard InChI is InChI=1S/C24H39N3O8/c1-13-11-23(30,12-27-9-8-14-6-5-7-15(10-14)32-4)24(31)22(33-13)34-21-19(29)16(25-2)18(28)17(26-3)20(21)35-24/h5-7,10,13,16-22,25-31H,8-9,11-12H2,1-4H3/t13-,16-,17+,18+,19+,20-,21-,22+,23-,24-/m1/s1. The van der Waals surface area contributed by atoms with Crippen molar-refractivity contribution in [1.29, 1.82) is 0 Å². The number of hydrogen-bond acceptors (Lipinski definition) is 11. The van der Waals surface area contributed by atoms with Gasteiger partial charge in [-0.2, -0.15) is 0 Å². The number of hydrogen-bond donors (Lipinski definition) is 7. The molecule has 3 fully saturated rings. The lowest BCUT2D eigenvalue weighted by Crippen LogP contribution is -2.81. The Hall–Kier alpha value is -1.38. The maximum Gasteiger partial charge on any atom is 0.249 e. The van der Waals surface area contributed by atoms with Crippen molar-refractivity contribution in [1.82, 2.24) is 16.0 Å². The summed E-state index contributed by atoms with van der Waals surface area (Å²) in [7, 11) is 4.91. The number of aliphatic hydroxyl groups excluding tert-OH is 2. The van der Waals surface area contributed by atoms with Crippen LogP contribution in [0.5, 0.6) is 5.75 Å². The predicted molar refractivity (Wildman–Crippen MR) is 126 cm³/mol. The van der Waals surface area contributed by atoms with Gasteiger partial charge in [-0.15, -0.1) is 0 Å². The number of aliphatic hydroxyl groups is 4. The SMILES string of the molecule is CN[C@@H]1[C@H](O)[C@H](NC)[C@H]2O[C@]3(O)[C@H](O[C@@H]2[C@H]1O)O[C@H](C)C[C@@]3(O)CNCCc1cccc(OC)c1. The summed E-state index contributed by atoms with van der Waals surface area (Å²) in [5.41, 5.74) is -0.676.